The van der Waals surface area contributed by atoms with Gasteiger partial charge in [0.2, 0.25) is 5.89 Å². The maximum Gasteiger partial charge on any atom is 0.208 e. The third kappa shape index (κ3) is 2.62. The first-order chi connectivity index (χ1) is 7.59. The Bertz CT molecular complexity index is 334. The molecule has 1 fully saturated rings. The molecule has 0 aliphatic heterocycles. The molecule has 2 N–H and O–H groups in total. The minimum atomic E-state index is -0.503. The molecule has 0 atom stereocenters. The van der Waals surface area contributed by atoms with Gasteiger partial charge in [0.1, 0.15) is 5.76 Å². The van der Waals surface area contributed by atoms with E-state index in [1.54, 1.807) is 0 Å². The van der Waals surface area contributed by atoms with Gasteiger partial charge >= 0.3 is 0 Å². The minimum Gasteiger partial charge on any atom is -0.444 e. The lowest BCUT2D eigenvalue weighted by molar-refractivity contribution is 0.0469. The summed E-state index contributed by atoms with van der Waals surface area (Å²) in [5.41, 5.74) is 0.438. The van der Waals surface area contributed by atoms with Crippen LogP contribution in [0.3, 0.4) is 0 Å². The van der Waals surface area contributed by atoms with Gasteiger partial charge in [0.25, 0.3) is 0 Å². The Kier molecular flexibility index (Phi) is 3.30. The molecule has 0 aromatic carbocycles. The maximum atomic E-state index is 10.1. The summed E-state index contributed by atoms with van der Waals surface area (Å²) in [5, 5.41) is 13.3. The Morgan fingerprint density at radius 1 is 1.38 bits per heavy atom. The second-order valence-electron chi connectivity index (χ2n) is 4.78. The molecule has 4 heteroatoms. The Labute approximate surface area is 96.1 Å². The summed E-state index contributed by atoms with van der Waals surface area (Å²) in [6.07, 6.45) is 4.08. The molecule has 0 spiro atoms. The van der Waals surface area contributed by atoms with Crippen molar-refractivity contribution < 1.29 is 9.52 Å². The molecule has 90 valence electrons. The van der Waals surface area contributed by atoms with Gasteiger partial charge in [-0.05, 0) is 26.7 Å². The summed E-state index contributed by atoms with van der Waals surface area (Å²) in [6.45, 7) is 5.08. The number of nitrogens with one attached hydrogen (secondary N) is 1. The van der Waals surface area contributed by atoms with Crippen molar-refractivity contribution in [1.82, 2.24) is 10.3 Å². The minimum absolute atomic E-state index is 0.503. The molecule has 1 aromatic heterocycles. The normalized spacial score (nSPS) is 19.2. The van der Waals surface area contributed by atoms with Gasteiger partial charge in [-0.15, -0.1) is 0 Å². The van der Waals surface area contributed by atoms with Crippen LogP contribution in [0.4, 0.5) is 0 Å². The van der Waals surface area contributed by atoms with Crippen molar-refractivity contribution in [1.29, 1.82) is 0 Å². The highest BCUT2D eigenvalue weighted by molar-refractivity contribution is 5.05. The van der Waals surface area contributed by atoms with Crippen LogP contribution < -0.4 is 5.32 Å². The highest BCUT2D eigenvalue weighted by Gasteiger charge is 2.30. The first-order valence-electron chi connectivity index (χ1n) is 5.95. The lowest BCUT2D eigenvalue weighted by Crippen LogP contribution is -2.37. The zero-order chi connectivity index (χ0) is 11.6. The zero-order valence-corrected chi connectivity index (χ0v) is 10.0. The van der Waals surface area contributed by atoms with Crippen LogP contribution in [0.5, 0.6) is 0 Å². The highest BCUT2D eigenvalue weighted by Crippen LogP contribution is 2.28. The Balaban J connectivity index is 1.79. The summed E-state index contributed by atoms with van der Waals surface area (Å²) in [7, 11) is 0. The number of oxazole rings is 1. The molecular weight excluding hydrogens is 204 g/mol. The largest absolute Gasteiger partial charge is 0.444 e. The summed E-state index contributed by atoms with van der Waals surface area (Å²) in [6, 6.07) is 0. The molecule has 1 aliphatic rings. The van der Waals surface area contributed by atoms with E-state index in [0.717, 1.165) is 37.1 Å². The molecule has 0 unspecified atom stereocenters. The summed E-state index contributed by atoms with van der Waals surface area (Å²) < 4.78 is 5.46. The monoisotopic (exact) mass is 224 g/mol. The summed E-state index contributed by atoms with van der Waals surface area (Å²) in [5.74, 6) is 1.58. The van der Waals surface area contributed by atoms with E-state index in [2.05, 4.69) is 10.3 Å². The molecule has 0 saturated heterocycles. The van der Waals surface area contributed by atoms with Crippen LogP contribution >= 0.6 is 0 Å². The third-order valence-corrected chi connectivity index (χ3v) is 3.34. The number of nitrogens with zero attached hydrogens (tertiary/aromatic N) is 1. The summed E-state index contributed by atoms with van der Waals surface area (Å²) in [4.78, 5) is 4.29. The van der Waals surface area contributed by atoms with E-state index in [1.165, 1.54) is 0 Å². The fraction of sp³-hybridized carbons (Fsp3) is 0.750. The quantitative estimate of drug-likeness (QED) is 0.817. The van der Waals surface area contributed by atoms with Crippen LogP contribution in [0, 0.1) is 13.8 Å². The van der Waals surface area contributed by atoms with Crippen molar-refractivity contribution in [3.63, 3.8) is 0 Å². The fourth-order valence-corrected chi connectivity index (χ4v) is 2.23. The number of rotatable bonds is 4. The number of aromatic nitrogens is 1. The molecule has 1 heterocycles. The average molecular weight is 224 g/mol. The van der Waals surface area contributed by atoms with Crippen LogP contribution in [-0.2, 0) is 6.54 Å². The van der Waals surface area contributed by atoms with Crippen molar-refractivity contribution in [3.05, 3.63) is 17.3 Å². The first kappa shape index (κ1) is 11.6. The number of aliphatic hydroxyl groups is 1. The SMILES string of the molecule is Cc1nc(CNCC2(O)CCCC2)oc1C. The van der Waals surface area contributed by atoms with Gasteiger partial charge in [-0.2, -0.15) is 0 Å². The first-order valence-corrected chi connectivity index (χ1v) is 5.95. The zero-order valence-electron chi connectivity index (χ0n) is 10.0. The molecule has 0 bridgehead atoms. The predicted octanol–water partition coefficient (Wildman–Crippen LogP) is 1.69. The molecule has 16 heavy (non-hydrogen) atoms. The van der Waals surface area contributed by atoms with E-state index >= 15 is 0 Å². The molecule has 2 rings (SSSR count). The van der Waals surface area contributed by atoms with E-state index in [-0.39, 0.29) is 0 Å². The molecular formula is C12H20N2O2. The van der Waals surface area contributed by atoms with Crippen LogP contribution in [-0.4, -0.2) is 22.2 Å². The van der Waals surface area contributed by atoms with Gasteiger partial charge < -0.3 is 14.8 Å². The number of hydrogen-bond donors (Lipinski definition) is 2. The van der Waals surface area contributed by atoms with E-state index in [0.29, 0.717) is 19.0 Å². The smallest absolute Gasteiger partial charge is 0.208 e. The van der Waals surface area contributed by atoms with Crippen molar-refractivity contribution in [2.24, 2.45) is 0 Å². The lowest BCUT2D eigenvalue weighted by atomic mass is 10.0. The fourth-order valence-electron chi connectivity index (χ4n) is 2.23. The average Bonchev–Trinajstić information content (AvgIpc) is 2.76. The van der Waals surface area contributed by atoms with E-state index in [4.69, 9.17) is 4.42 Å². The van der Waals surface area contributed by atoms with Gasteiger partial charge in [-0.25, -0.2) is 4.98 Å². The van der Waals surface area contributed by atoms with Gasteiger partial charge in [0.15, 0.2) is 0 Å². The van der Waals surface area contributed by atoms with Crippen molar-refractivity contribution >= 4 is 0 Å². The molecule has 0 amide bonds. The predicted molar refractivity (Wildman–Crippen MR) is 61.1 cm³/mol. The van der Waals surface area contributed by atoms with E-state index < -0.39 is 5.60 Å². The van der Waals surface area contributed by atoms with Gasteiger partial charge in [0.05, 0.1) is 17.8 Å². The third-order valence-electron chi connectivity index (χ3n) is 3.34. The highest BCUT2D eigenvalue weighted by atomic mass is 16.4. The van der Waals surface area contributed by atoms with E-state index in [1.807, 2.05) is 13.8 Å². The van der Waals surface area contributed by atoms with Gasteiger partial charge in [-0.3, -0.25) is 0 Å². The van der Waals surface area contributed by atoms with Gasteiger partial charge in [0, 0.05) is 6.54 Å². The Morgan fingerprint density at radius 3 is 2.62 bits per heavy atom. The van der Waals surface area contributed by atoms with Crippen molar-refractivity contribution in [3.8, 4) is 0 Å². The van der Waals surface area contributed by atoms with Crippen LogP contribution in [0.15, 0.2) is 4.42 Å². The second kappa shape index (κ2) is 4.55. The lowest BCUT2D eigenvalue weighted by Gasteiger charge is -2.21. The van der Waals surface area contributed by atoms with Crippen molar-refractivity contribution in [2.75, 3.05) is 6.54 Å². The number of hydrogen-bond acceptors (Lipinski definition) is 4. The number of aryl methyl sites for hydroxylation is 2. The Morgan fingerprint density at radius 2 is 2.06 bits per heavy atom. The molecule has 1 aliphatic carbocycles. The van der Waals surface area contributed by atoms with E-state index in [9.17, 15) is 5.11 Å². The standard InChI is InChI=1S/C12H20N2O2/c1-9-10(2)16-11(14-9)7-13-8-12(15)5-3-4-6-12/h13,15H,3-8H2,1-2H3. The van der Waals surface area contributed by atoms with Crippen LogP contribution in [0.1, 0.15) is 43.0 Å². The Hall–Kier alpha value is -0.870. The van der Waals surface area contributed by atoms with Crippen LogP contribution in [0.2, 0.25) is 0 Å². The molecule has 0 radical (unpaired) electrons. The second-order valence-corrected chi connectivity index (χ2v) is 4.78. The van der Waals surface area contributed by atoms with Gasteiger partial charge in [-0.1, -0.05) is 12.8 Å². The molecule has 1 aromatic rings. The summed E-state index contributed by atoms with van der Waals surface area (Å²) >= 11 is 0. The van der Waals surface area contributed by atoms with Crippen molar-refractivity contribution in [2.45, 2.75) is 51.7 Å². The van der Waals surface area contributed by atoms with Crippen LogP contribution in [0.25, 0.3) is 0 Å². The molecule has 4 nitrogen and oxygen atoms in total. The molecule has 1 saturated carbocycles. The topological polar surface area (TPSA) is 58.3 Å². The maximum absolute atomic E-state index is 10.1.